The van der Waals surface area contributed by atoms with Crippen molar-refractivity contribution in [3.63, 3.8) is 0 Å². The number of thioether (sulfide) groups is 1. The number of carbonyl (C=O) groups excluding carboxylic acids is 2. The fourth-order valence-electron chi connectivity index (χ4n) is 4.48. The molecule has 1 saturated heterocycles. The van der Waals surface area contributed by atoms with Gasteiger partial charge in [-0.05, 0) is 43.2 Å². The quantitative estimate of drug-likeness (QED) is 0.438. The number of aliphatic imine (C=N–C) groups is 1. The van der Waals surface area contributed by atoms with Crippen LogP contribution in [0.25, 0.3) is 5.70 Å². The maximum Gasteiger partial charge on any atom is 0.338 e. The first-order chi connectivity index (χ1) is 17.7. The zero-order valence-corrected chi connectivity index (χ0v) is 20.8. The molecule has 7 heteroatoms. The molecule has 0 radical (unpaired) electrons. The molecule has 0 saturated carbocycles. The average Bonchev–Trinajstić information content (AvgIpc) is 2.93. The Kier molecular flexibility index (Phi) is 7.18. The van der Waals surface area contributed by atoms with Crippen LogP contribution in [0.15, 0.2) is 95.5 Å². The number of fused-ring (bicyclic) bond motifs is 1. The van der Waals surface area contributed by atoms with Gasteiger partial charge in [-0.25, -0.2) is 9.79 Å². The predicted octanol–water partition coefficient (Wildman–Crippen LogP) is 5.76. The largest absolute Gasteiger partial charge is 0.463 e. The molecule has 2 heterocycles. The lowest BCUT2D eigenvalue weighted by Gasteiger charge is -2.41. The summed E-state index contributed by atoms with van der Waals surface area (Å²) < 4.78 is 5.53. The molecule has 182 valence electrons. The first-order valence-electron chi connectivity index (χ1n) is 12.1. The molecule has 0 bridgehead atoms. The summed E-state index contributed by atoms with van der Waals surface area (Å²) in [6.07, 6.45) is 1.00. The van der Waals surface area contributed by atoms with Crippen LogP contribution >= 0.6 is 11.8 Å². The van der Waals surface area contributed by atoms with Crippen LogP contribution in [0, 0.1) is 0 Å². The SMILES string of the molecule is CCOC(=O)C1=C(c2ccccc2)N=C2SCCCN2C1c1ccc(NC(=O)c2ccccc2)cc1. The molecule has 0 aliphatic carbocycles. The van der Waals surface area contributed by atoms with Crippen molar-refractivity contribution in [1.82, 2.24) is 4.90 Å². The lowest BCUT2D eigenvalue weighted by atomic mass is 9.91. The maximum atomic E-state index is 13.4. The van der Waals surface area contributed by atoms with Gasteiger partial charge in [0.1, 0.15) is 0 Å². The van der Waals surface area contributed by atoms with E-state index >= 15 is 0 Å². The number of nitrogens with one attached hydrogen (secondary N) is 1. The third-order valence-electron chi connectivity index (χ3n) is 6.13. The van der Waals surface area contributed by atoms with E-state index in [0.29, 0.717) is 22.5 Å². The number of hydrogen-bond acceptors (Lipinski definition) is 6. The zero-order valence-electron chi connectivity index (χ0n) is 20.0. The average molecular weight is 498 g/mol. The van der Waals surface area contributed by atoms with Gasteiger partial charge < -0.3 is 15.0 Å². The summed E-state index contributed by atoms with van der Waals surface area (Å²) in [5, 5.41) is 3.87. The first-order valence-corrected chi connectivity index (χ1v) is 13.1. The minimum Gasteiger partial charge on any atom is -0.463 e. The lowest BCUT2D eigenvalue weighted by Crippen LogP contribution is -2.42. The van der Waals surface area contributed by atoms with Gasteiger partial charge in [0, 0.05) is 29.1 Å². The van der Waals surface area contributed by atoms with Crippen LogP contribution in [-0.4, -0.2) is 40.8 Å². The molecule has 1 amide bonds. The number of esters is 1. The van der Waals surface area contributed by atoms with Crippen molar-refractivity contribution in [2.75, 3.05) is 24.2 Å². The number of hydrogen-bond donors (Lipinski definition) is 1. The van der Waals surface area contributed by atoms with Gasteiger partial charge in [-0.2, -0.15) is 0 Å². The van der Waals surface area contributed by atoms with Gasteiger partial charge >= 0.3 is 5.97 Å². The lowest BCUT2D eigenvalue weighted by molar-refractivity contribution is -0.139. The molecule has 3 aromatic carbocycles. The van der Waals surface area contributed by atoms with Crippen molar-refractivity contribution in [2.45, 2.75) is 19.4 Å². The van der Waals surface area contributed by atoms with Crippen LogP contribution in [0.3, 0.4) is 0 Å². The number of amidine groups is 1. The maximum absolute atomic E-state index is 13.4. The fraction of sp³-hybridized carbons (Fsp3) is 0.207. The third kappa shape index (κ3) is 4.93. The molecule has 0 spiro atoms. The molecule has 6 nitrogen and oxygen atoms in total. The smallest absolute Gasteiger partial charge is 0.338 e. The number of ether oxygens (including phenoxy) is 1. The van der Waals surface area contributed by atoms with Gasteiger partial charge in [-0.3, -0.25) is 4.79 Å². The Morgan fingerprint density at radius 2 is 1.69 bits per heavy atom. The molecular formula is C29H27N3O3S. The van der Waals surface area contributed by atoms with E-state index in [0.717, 1.165) is 35.0 Å². The van der Waals surface area contributed by atoms with Crippen LogP contribution in [-0.2, 0) is 9.53 Å². The van der Waals surface area contributed by atoms with Gasteiger partial charge in [0.05, 0.1) is 23.9 Å². The summed E-state index contributed by atoms with van der Waals surface area (Å²) in [7, 11) is 0. The van der Waals surface area contributed by atoms with Crippen molar-refractivity contribution < 1.29 is 14.3 Å². The van der Waals surface area contributed by atoms with Crippen LogP contribution < -0.4 is 5.32 Å². The van der Waals surface area contributed by atoms with Gasteiger partial charge in [0.15, 0.2) is 5.17 Å². The summed E-state index contributed by atoms with van der Waals surface area (Å²) in [4.78, 5) is 33.1. The molecule has 1 atom stereocenters. The summed E-state index contributed by atoms with van der Waals surface area (Å²) >= 11 is 1.71. The van der Waals surface area contributed by atoms with Crippen molar-refractivity contribution in [1.29, 1.82) is 0 Å². The van der Waals surface area contributed by atoms with Crippen molar-refractivity contribution in [2.24, 2.45) is 4.99 Å². The highest BCUT2D eigenvalue weighted by Gasteiger charge is 2.39. The van der Waals surface area contributed by atoms with Crippen LogP contribution in [0.5, 0.6) is 0 Å². The van der Waals surface area contributed by atoms with Crippen molar-refractivity contribution in [3.8, 4) is 0 Å². The predicted molar refractivity (Wildman–Crippen MR) is 145 cm³/mol. The van der Waals surface area contributed by atoms with Gasteiger partial charge in [0.2, 0.25) is 0 Å². The van der Waals surface area contributed by atoms with E-state index in [2.05, 4.69) is 10.2 Å². The fourth-order valence-corrected chi connectivity index (χ4v) is 5.45. The van der Waals surface area contributed by atoms with E-state index in [1.807, 2.05) is 79.7 Å². The molecule has 2 aliphatic rings. The standard InChI is InChI=1S/C29H27N3O3S/c1-2-35-28(34)24-25(20-10-5-3-6-11-20)31-29-32(18-9-19-36-29)26(24)21-14-16-23(17-15-21)30-27(33)22-12-7-4-8-13-22/h3-8,10-17,26H,2,9,18-19H2,1H3,(H,30,33). The van der Waals surface area contributed by atoms with Gasteiger partial charge in [-0.1, -0.05) is 72.4 Å². The molecule has 2 aliphatic heterocycles. The van der Waals surface area contributed by atoms with E-state index in [1.54, 1.807) is 23.9 Å². The Balaban J connectivity index is 1.54. The Bertz CT molecular complexity index is 1300. The third-order valence-corrected chi connectivity index (χ3v) is 7.21. The van der Waals surface area contributed by atoms with E-state index in [4.69, 9.17) is 9.73 Å². The topological polar surface area (TPSA) is 71.0 Å². The molecule has 1 fully saturated rings. The van der Waals surface area contributed by atoms with E-state index in [-0.39, 0.29) is 24.5 Å². The highest BCUT2D eigenvalue weighted by molar-refractivity contribution is 8.13. The molecule has 3 aromatic rings. The van der Waals surface area contributed by atoms with E-state index < -0.39 is 0 Å². The second kappa shape index (κ2) is 10.8. The normalized spacial score (nSPS) is 17.2. The first kappa shape index (κ1) is 23.9. The van der Waals surface area contributed by atoms with Gasteiger partial charge in [-0.15, -0.1) is 0 Å². The monoisotopic (exact) mass is 497 g/mol. The second-order valence-corrected chi connectivity index (χ2v) is 9.55. The number of anilines is 1. The highest BCUT2D eigenvalue weighted by Crippen LogP contribution is 2.43. The summed E-state index contributed by atoms with van der Waals surface area (Å²) in [5.74, 6) is 0.464. The molecular weight excluding hydrogens is 470 g/mol. The summed E-state index contributed by atoms with van der Waals surface area (Å²) in [6, 6.07) is 26.3. The number of amides is 1. The molecule has 36 heavy (non-hydrogen) atoms. The number of nitrogens with zero attached hydrogens (tertiary/aromatic N) is 2. The number of rotatable bonds is 6. The molecule has 1 unspecified atom stereocenters. The van der Waals surface area contributed by atoms with Crippen LogP contribution in [0.1, 0.15) is 40.9 Å². The number of carbonyl (C=O) groups is 2. The zero-order chi connectivity index (χ0) is 24.9. The number of benzene rings is 3. The molecule has 5 rings (SSSR count). The second-order valence-electron chi connectivity index (χ2n) is 8.48. The van der Waals surface area contributed by atoms with Gasteiger partial charge in [0.25, 0.3) is 5.91 Å². The van der Waals surface area contributed by atoms with Crippen LogP contribution in [0.4, 0.5) is 5.69 Å². The summed E-state index contributed by atoms with van der Waals surface area (Å²) in [5.41, 5.74) is 4.31. The van der Waals surface area contributed by atoms with E-state index in [9.17, 15) is 9.59 Å². The molecule has 0 aromatic heterocycles. The Labute approximate surface area is 215 Å². The van der Waals surface area contributed by atoms with E-state index in [1.165, 1.54) is 0 Å². The Hall–Kier alpha value is -3.84. The van der Waals surface area contributed by atoms with Crippen molar-refractivity contribution in [3.05, 3.63) is 107 Å². The minimum atomic E-state index is -0.360. The van der Waals surface area contributed by atoms with Crippen molar-refractivity contribution >= 4 is 40.2 Å². The summed E-state index contributed by atoms with van der Waals surface area (Å²) in [6.45, 7) is 2.90. The minimum absolute atomic E-state index is 0.165. The van der Waals surface area contributed by atoms with Crippen LogP contribution in [0.2, 0.25) is 0 Å². The molecule has 1 N–H and O–H groups in total. The highest BCUT2D eigenvalue weighted by atomic mass is 32.2. The Morgan fingerprint density at radius 3 is 2.39 bits per heavy atom. The Morgan fingerprint density at radius 1 is 1.00 bits per heavy atom.